The monoisotopic (exact) mass is 306 g/mol. The zero-order valence-electron chi connectivity index (χ0n) is 10.2. The van der Waals surface area contributed by atoms with Gasteiger partial charge in [-0.25, -0.2) is 9.78 Å². The largest absolute Gasteiger partial charge is 0.433 e. The topological polar surface area (TPSA) is 134 Å². The van der Waals surface area contributed by atoms with Crippen LogP contribution in [-0.4, -0.2) is 14.9 Å². The van der Waals surface area contributed by atoms with E-state index in [4.69, 9.17) is 14.9 Å². The number of rotatable bonds is 3. The lowest BCUT2D eigenvalue weighted by atomic mass is 10.3. The van der Waals surface area contributed by atoms with Crippen LogP contribution in [0.5, 0.6) is 11.6 Å². The molecular formula is C11H6N4O5S. The van der Waals surface area contributed by atoms with Crippen molar-refractivity contribution in [3.8, 4) is 11.6 Å². The second-order valence-corrected chi connectivity index (χ2v) is 4.81. The second-order valence-electron chi connectivity index (χ2n) is 3.83. The molecule has 0 bridgehead atoms. The first-order valence-electron chi connectivity index (χ1n) is 5.51. The average Bonchev–Trinajstić information content (AvgIpc) is 2.77. The first kappa shape index (κ1) is 13.0. The van der Waals surface area contributed by atoms with E-state index >= 15 is 0 Å². The summed E-state index contributed by atoms with van der Waals surface area (Å²) in [5.74, 6) is -0.359. The molecule has 106 valence electrons. The lowest BCUT2D eigenvalue weighted by molar-refractivity contribution is -0.385. The summed E-state index contributed by atoms with van der Waals surface area (Å²) in [6.07, 6.45) is 1.06. The fourth-order valence-electron chi connectivity index (χ4n) is 1.65. The summed E-state index contributed by atoms with van der Waals surface area (Å²) in [5, 5.41) is 11.0. The number of aromatic nitrogens is 2. The van der Waals surface area contributed by atoms with E-state index in [1.54, 1.807) is 6.07 Å². The van der Waals surface area contributed by atoms with E-state index < -0.39 is 15.5 Å². The minimum Gasteiger partial charge on any atom is -0.433 e. The zero-order valence-corrected chi connectivity index (χ0v) is 11.0. The number of hydrogen-bond donors (Lipinski definition) is 1. The van der Waals surface area contributed by atoms with E-state index in [1.807, 2.05) is 0 Å². The molecule has 3 rings (SSSR count). The molecule has 21 heavy (non-hydrogen) atoms. The molecule has 10 heteroatoms. The van der Waals surface area contributed by atoms with Crippen molar-refractivity contribution in [1.82, 2.24) is 9.97 Å². The summed E-state index contributed by atoms with van der Waals surface area (Å²) in [4.78, 5) is 28.2. The molecule has 2 N–H and O–H groups in total. The number of nitro groups is 1. The van der Waals surface area contributed by atoms with Crippen LogP contribution < -0.4 is 15.4 Å². The number of ether oxygens (including phenoxy) is 1. The normalized spacial score (nSPS) is 10.7. The summed E-state index contributed by atoms with van der Waals surface area (Å²) in [7, 11) is 0. The van der Waals surface area contributed by atoms with Gasteiger partial charge in [0.15, 0.2) is 5.58 Å². The van der Waals surface area contributed by atoms with Crippen molar-refractivity contribution in [1.29, 1.82) is 0 Å². The van der Waals surface area contributed by atoms with Crippen molar-refractivity contribution in [3.05, 3.63) is 44.4 Å². The highest BCUT2D eigenvalue weighted by atomic mass is 32.1. The van der Waals surface area contributed by atoms with Gasteiger partial charge in [-0.2, -0.15) is 4.98 Å². The highest BCUT2D eigenvalue weighted by Crippen LogP contribution is 2.33. The van der Waals surface area contributed by atoms with Crippen LogP contribution in [0.2, 0.25) is 0 Å². The molecule has 0 amide bonds. The summed E-state index contributed by atoms with van der Waals surface area (Å²) in [5.41, 5.74) is 5.24. The van der Waals surface area contributed by atoms with E-state index in [-0.39, 0.29) is 17.4 Å². The Hall–Kier alpha value is -3.01. The smallest absolute Gasteiger partial charge is 0.396 e. The minimum atomic E-state index is -0.728. The fourth-order valence-corrected chi connectivity index (χ4v) is 2.30. The lowest BCUT2D eigenvalue weighted by Gasteiger charge is -2.05. The van der Waals surface area contributed by atoms with Gasteiger partial charge in [0.05, 0.1) is 9.62 Å². The third-order valence-corrected chi connectivity index (χ3v) is 3.32. The maximum Gasteiger partial charge on any atom is 0.396 e. The number of hydrogen-bond acceptors (Lipinski definition) is 9. The van der Waals surface area contributed by atoms with Crippen LogP contribution in [0.1, 0.15) is 0 Å². The molecule has 0 spiro atoms. The van der Waals surface area contributed by atoms with E-state index in [0.29, 0.717) is 10.3 Å². The van der Waals surface area contributed by atoms with Crippen LogP contribution in [0.25, 0.3) is 10.3 Å². The molecule has 0 radical (unpaired) electrons. The van der Waals surface area contributed by atoms with E-state index in [0.717, 1.165) is 17.7 Å². The molecule has 0 saturated carbocycles. The Morgan fingerprint density at radius 3 is 2.95 bits per heavy atom. The van der Waals surface area contributed by atoms with Crippen molar-refractivity contribution in [2.75, 3.05) is 5.73 Å². The first-order valence-corrected chi connectivity index (χ1v) is 6.32. The summed E-state index contributed by atoms with van der Waals surface area (Å²) in [6.45, 7) is 0. The van der Waals surface area contributed by atoms with Gasteiger partial charge < -0.3 is 14.9 Å². The van der Waals surface area contributed by atoms with E-state index in [1.165, 1.54) is 12.1 Å². The van der Waals surface area contributed by atoms with E-state index in [2.05, 4.69) is 9.97 Å². The molecule has 0 aliphatic rings. The van der Waals surface area contributed by atoms with Gasteiger partial charge in [-0.05, 0) is 12.1 Å². The molecule has 2 aromatic heterocycles. The Morgan fingerprint density at radius 2 is 2.19 bits per heavy atom. The maximum atomic E-state index is 11.1. The standard InChI is InChI=1S/C11H6N4O5S/c12-9-8(15(17)18)10(14-4-13-9)19-5-1-2-7-6(3-5)20-11(16)21-7/h1-4H,(H2,12,13,14). The molecule has 9 nitrogen and oxygen atoms in total. The summed E-state index contributed by atoms with van der Waals surface area (Å²) in [6, 6.07) is 4.59. The number of nitrogens with two attached hydrogens (primary N) is 1. The molecule has 0 saturated heterocycles. The number of nitrogens with zero attached hydrogens (tertiary/aromatic N) is 3. The van der Waals surface area contributed by atoms with Crippen molar-refractivity contribution >= 4 is 33.1 Å². The molecule has 1 aromatic carbocycles. The van der Waals surface area contributed by atoms with Crippen molar-refractivity contribution < 1.29 is 14.1 Å². The molecule has 0 fully saturated rings. The SMILES string of the molecule is Nc1ncnc(Oc2ccc3sc(=O)oc3c2)c1[N+](=O)[O-]. The molecule has 0 aliphatic heterocycles. The number of anilines is 1. The predicted octanol–water partition coefficient (Wildman–Crippen LogP) is 1.93. The number of fused-ring (bicyclic) bond motifs is 1. The molecular weight excluding hydrogens is 300 g/mol. The Bertz CT molecular complexity index is 903. The van der Waals surface area contributed by atoms with Gasteiger partial charge in [0.25, 0.3) is 0 Å². The van der Waals surface area contributed by atoms with Gasteiger partial charge >= 0.3 is 16.5 Å². The molecule has 0 aliphatic carbocycles. The second kappa shape index (κ2) is 4.83. The Kier molecular flexibility index (Phi) is 2.99. The van der Waals surface area contributed by atoms with Gasteiger partial charge in [-0.1, -0.05) is 11.3 Å². The molecule has 3 aromatic rings. The molecule has 0 unspecified atom stereocenters. The Morgan fingerprint density at radius 1 is 1.38 bits per heavy atom. The predicted molar refractivity (Wildman–Crippen MR) is 73.5 cm³/mol. The number of benzene rings is 1. The highest BCUT2D eigenvalue weighted by molar-refractivity contribution is 7.16. The zero-order chi connectivity index (χ0) is 15.0. The van der Waals surface area contributed by atoms with Crippen LogP contribution in [0.4, 0.5) is 11.5 Å². The minimum absolute atomic E-state index is 0.227. The van der Waals surface area contributed by atoms with Gasteiger partial charge in [0, 0.05) is 6.07 Å². The van der Waals surface area contributed by atoms with Gasteiger partial charge in [-0.3, -0.25) is 10.1 Å². The maximum absolute atomic E-state index is 11.1. The van der Waals surface area contributed by atoms with Gasteiger partial charge in [0.2, 0.25) is 5.82 Å². The van der Waals surface area contributed by atoms with Crippen LogP contribution in [0, 0.1) is 10.1 Å². The van der Waals surface area contributed by atoms with Crippen LogP contribution >= 0.6 is 11.3 Å². The van der Waals surface area contributed by atoms with Crippen molar-refractivity contribution in [2.45, 2.75) is 0 Å². The van der Waals surface area contributed by atoms with Crippen molar-refractivity contribution in [2.24, 2.45) is 0 Å². The summed E-state index contributed by atoms with van der Waals surface area (Å²) < 4.78 is 10.9. The Labute approximate surface area is 119 Å². The fraction of sp³-hybridized carbons (Fsp3) is 0. The van der Waals surface area contributed by atoms with Crippen molar-refractivity contribution in [3.63, 3.8) is 0 Å². The molecule has 0 atom stereocenters. The van der Waals surface area contributed by atoms with Gasteiger partial charge in [-0.15, -0.1) is 0 Å². The highest BCUT2D eigenvalue weighted by Gasteiger charge is 2.23. The third-order valence-electron chi connectivity index (χ3n) is 2.52. The Balaban J connectivity index is 2.04. The van der Waals surface area contributed by atoms with Crippen LogP contribution in [0.3, 0.4) is 0 Å². The van der Waals surface area contributed by atoms with Gasteiger partial charge in [0.1, 0.15) is 12.1 Å². The average molecular weight is 306 g/mol. The van der Waals surface area contributed by atoms with E-state index in [9.17, 15) is 14.9 Å². The first-order chi connectivity index (χ1) is 10.0. The third kappa shape index (κ3) is 2.39. The molecule has 2 heterocycles. The lowest BCUT2D eigenvalue weighted by Crippen LogP contribution is -2.02. The van der Waals surface area contributed by atoms with Crippen LogP contribution in [0.15, 0.2) is 33.7 Å². The number of nitrogen functional groups attached to an aromatic ring is 1. The summed E-state index contributed by atoms with van der Waals surface area (Å²) >= 11 is 0.946. The quantitative estimate of drug-likeness (QED) is 0.572. The van der Waals surface area contributed by atoms with Crippen LogP contribution in [-0.2, 0) is 0 Å².